The molecule has 22 heavy (non-hydrogen) atoms. The molecule has 0 aliphatic carbocycles. The molecule has 116 valence electrons. The van der Waals surface area contributed by atoms with Crippen molar-refractivity contribution in [2.75, 3.05) is 7.11 Å². The van der Waals surface area contributed by atoms with Gasteiger partial charge in [-0.05, 0) is 31.6 Å². The number of nitro groups is 1. The molecule has 0 aliphatic heterocycles. The van der Waals surface area contributed by atoms with Crippen molar-refractivity contribution >= 4 is 17.7 Å². The number of carbonyl (C=O) groups excluding carboxylic acids is 1. The molecule has 0 aromatic heterocycles. The fourth-order valence-corrected chi connectivity index (χ4v) is 1.65. The summed E-state index contributed by atoms with van der Waals surface area (Å²) >= 11 is 0. The van der Waals surface area contributed by atoms with Crippen molar-refractivity contribution in [2.24, 2.45) is 0 Å². The number of benzene rings is 1. The number of ether oxygens (including phenoxy) is 1. The maximum absolute atomic E-state index is 11.8. The van der Waals surface area contributed by atoms with Crippen LogP contribution in [0.25, 0.3) is 6.08 Å². The number of rotatable bonds is 5. The van der Waals surface area contributed by atoms with Crippen molar-refractivity contribution in [3.63, 3.8) is 0 Å². The van der Waals surface area contributed by atoms with Gasteiger partial charge in [0.25, 0.3) is 5.91 Å². The first kappa shape index (κ1) is 17.0. The van der Waals surface area contributed by atoms with Crippen LogP contribution in [0.4, 0.5) is 5.69 Å². The third-order valence-electron chi connectivity index (χ3n) is 2.59. The first-order chi connectivity index (χ1) is 10.3. The highest BCUT2D eigenvalue weighted by Crippen LogP contribution is 2.37. The average molecular weight is 305 g/mol. The number of hydrogen-bond acceptors (Lipinski definition) is 6. The van der Waals surface area contributed by atoms with Crippen molar-refractivity contribution in [3.05, 3.63) is 33.4 Å². The zero-order chi connectivity index (χ0) is 16.9. The molecule has 1 aromatic rings. The summed E-state index contributed by atoms with van der Waals surface area (Å²) in [4.78, 5) is 21.9. The lowest BCUT2D eigenvalue weighted by Crippen LogP contribution is -2.30. The maximum Gasteiger partial charge on any atom is 0.315 e. The van der Waals surface area contributed by atoms with Gasteiger partial charge < -0.3 is 15.2 Å². The number of amides is 1. The minimum Gasteiger partial charge on any atom is -0.500 e. The lowest BCUT2D eigenvalue weighted by Gasteiger charge is -2.08. The zero-order valence-electron chi connectivity index (χ0n) is 12.3. The number of nitrogens with one attached hydrogen (secondary N) is 1. The van der Waals surface area contributed by atoms with Gasteiger partial charge in [-0.15, -0.1) is 0 Å². The van der Waals surface area contributed by atoms with Gasteiger partial charge in [0.15, 0.2) is 5.75 Å². The molecular weight excluding hydrogens is 290 g/mol. The van der Waals surface area contributed by atoms with Crippen molar-refractivity contribution in [1.29, 1.82) is 5.26 Å². The number of nitrogens with zero attached hydrogens (tertiary/aromatic N) is 2. The van der Waals surface area contributed by atoms with Crippen LogP contribution >= 0.6 is 0 Å². The Labute approximate surface area is 126 Å². The molecule has 8 nitrogen and oxygen atoms in total. The highest BCUT2D eigenvalue weighted by atomic mass is 16.6. The van der Waals surface area contributed by atoms with Crippen LogP contribution in [0.2, 0.25) is 0 Å². The van der Waals surface area contributed by atoms with Crippen LogP contribution in [0.1, 0.15) is 19.4 Å². The van der Waals surface area contributed by atoms with Gasteiger partial charge in [0.1, 0.15) is 11.6 Å². The Kier molecular flexibility index (Phi) is 5.46. The van der Waals surface area contributed by atoms with E-state index < -0.39 is 22.3 Å². The summed E-state index contributed by atoms with van der Waals surface area (Å²) in [6.45, 7) is 3.47. The Morgan fingerprint density at radius 3 is 2.64 bits per heavy atom. The van der Waals surface area contributed by atoms with Gasteiger partial charge in [-0.1, -0.05) is 0 Å². The van der Waals surface area contributed by atoms with E-state index in [1.54, 1.807) is 19.9 Å². The second-order valence-corrected chi connectivity index (χ2v) is 4.65. The largest absolute Gasteiger partial charge is 0.500 e. The lowest BCUT2D eigenvalue weighted by atomic mass is 10.1. The quantitative estimate of drug-likeness (QED) is 0.369. The van der Waals surface area contributed by atoms with E-state index in [1.165, 1.54) is 19.3 Å². The van der Waals surface area contributed by atoms with Crippen molar-refractivity contribution in [2.45, 2.75) is 19.9 Å². The normalized spacial score (nSPS) is 11.0. The Bertz CT molecular complexity index is 674. The summed E-state index contributed by atoms with van der Waals surface area (Å²) in [5, 5.41) is 32.2. The van der Waals surface area contributed by atoms with E-state index in [2.05, 4.69) is 5.32 Å². The fraction of sp³-hybridized carbons (Fsp3) is 0.286. The monoisotopic (exact) mass is 305 g/mol. The Morgan fingerprint density at radius 1 is 1.55 bits per heavy atom. The van der Waals surface area contributed by atoms with Gasteiger partial charge >= 0.3 is 5.69 Å². The lowest BCUT2D eigenvalue weighted by molar-refractivity contribution is -0.386. The maximum atomic E-state index is 11.8. The number of phenols is 1. The van der Waals surface area contributed by atoms with Crippen molar-refractivity contribution in [3.8, 4) is 17.6 Å². The third-order valence-corrected chi connectivity index (χ3v) is 2.59. The van der Waals surface area contributed by atoms with Gasteiger partial charge in [0, 0.05) is 12.1 Å². The molecule has 0 saturated carbocycles. The topological polar surface area (TPSA) is 125 Å². The molecule has 2 N–H and O–H groups in total. The number of phenolic OH excluding ortho intramolecular Hbond substituents is 1. The molecular formula is C14H15N3O5. The van der Waals surface area contributed by atoms with E-state index in [9.17, 15) is 20.0 Å². The van der Waals surface area contributed by atoms with Crippen LogP contribution < -0.4 is 10.1 Å². The molecule has 0 radical (unpaired) electrons. The molecule has 8 heteroatoms. The first-order valence-electron chi connectivity index (χ1n) is 6.28. The summed E-state index contributed by atoms with van der Waals surface area (Å²) < 4.78 is 4.85. The second kappa shape index (κ2) is 7.08. The Balaban J connectivity index is 3.34. The molecule has 0 bridgehead atoms. The molecule has 0 spiro atoms. The number of carbonyl (C=O) groups is 1. The first-order valence-corrected chi connectivity index (χ1v) is 6.28. The standard InChI is InChI=1S/C14H15N3O5/c1-8(2)16-14(19)10(7-15)4-9-5-11(17(20)21)13(18)12(6-9)22-3/h4-6,8,18H,1-3H3,(H,16,19)/b10-4+. The van der Waals surface area contributed by atoms with Gasteiger partial charge in [-0.3, -0.25) is 14.9 Å². The van der Waals surface area contributed by atoms with E-state index in [0.29, 0.717) is 0 Å². The van der Waals surface area contributed by atoms with E-state index in [-0.39, 0.29) is 22.9 Å². The van der Waals surface area contributed by atoms with Crippen LogP contribution in [0.3, 0.4) is 0 Å². The molecule has 0 atom stereocenters. The SMILES string of the molecule is COc1cc(/C=C(\C#N)C(=O)NC(C)C)cc([N+](=O)[O-])c1O. The fourth-order valence-electron chi connectivity index (χ4n) is 1.65. The average Bonchev–Trinajstić information content (AvgIpc) is 2.44. The number of nitriles is 1. The summed E-state index contributed by atoms with van der Waals surface area (Å²) in [5.41, 5.74) is -0.597. The van der Waals surface area contributed by atoms with Gasteiger partial charge in [-0.2, -0.15) is 5.26 Å². The number of methoxy groups -OCH3 is 1. The van der Waals surface area contributed by atoms with E-state index in [0.717, 1.165) is 6.07 Å². The van der Waals surface area contributed by atoms with Crippen molar-refractivity contribution in [1.82, 2.24) is 5.32 Å². The molecule has 0 heterocycles. The predicted octanol–water partition coefficient (Wildman–Crippen LogP) is 1.74. The molecule has 1 rings (SSSR count). The molecule has 0 unspecified atom stereocenters. The van der Waals surface area contributed by atoms with Gasteiger partial charge in [0.05, 0.1) is 12.0 Å². The van der Waals surface area contributed by atoms with Crippen LogP contribution in [-0.2, 0) is 4.79 Å². The number of aromatic hydroxyl groups is 1. The summed E-state index contributed by atoms with van der Waals surface area (Å²) in [7, 11) is 1.24. The number of hydrogen-bond donors (Lipinski definition) is 2. The molecule has 0 saturated heterocycles. The smallest absolute Gasteiger partial charge is 0.315 e. The van der Waals surface area contributed by atoms with Gasteiger partial charge in [0.2, 0.25) is 5.75 Å². The summed E-state index contributed by atoms with van der Waals surface area (Å²) in [6.07, 6.45) is 1.19. The van der Waals surface area contributed by atoms with Gasteiger partial charge in [-0.25, -0.2) is 0 Å². The number of nitro benzene ring substituents is 1. The second-order valence-electron chi connectivity index (χ2n) is 4.65. The van der Waals surface area contributed by atoms with Crippen LogP contribution in [0, 0.1) is 21.4 Å². The van der Waals surface area contributed by atoms with E-state index >= 15 is 0 Å². The highest BCUT2D eigenvalue weighted by molar-refractivity contribution is 6.01. The molecule has 1 amide bonds. The molecule has 0 fully saturated rings. The minimum absolute atomic E-state index is 0.123. The van der Waals surface area contributed by atoms with Crippen LogP contribution in [-0.4, -0.2) is 29.1 Å². The van der Waals surface area contributed by atoms with E-state index in [1.807, 2.05) is 0 Å². The predicted molar refractivity (Wildman–Crippen MR) is 78.2 cm³/mol. The highest BCUT2D eigenvalue weighted by Gasteiger charge is 2.20. The molecule has 1 aromatic carbocycles. The Hall–Kier alpha value is -3.08. The summed E-state index contributed by atoms with van der Waals surface area (Å²) in [6, 6.07) is 3.92. The molecule has 0 aliphatic rings. The third kappa shape index (κ3) is 3.96. The zero-order valence-corrected chi connectivity index (χ0v) is 12.3. The van der Waals surface area contributed by atoms with Crippen LogP contribution in [0.5, 0.6) is 11.5 Å². The van der Waals surface area contributed by atoms with E-state index in [4.69, 9.17) is 10.00 Å². The Morgan fingerprint density at radius 2 is 2.18 bits per heavy atom. The summed E-state index contributed by atoms with van der Waals surface area (Å²) in [5.74, 6) is -1.33. The minimum atomic E-state index is -0.782. The van der Waals surface area contributed by atoms with Crippen LogP contribution in [0.15, 0.2) is 17.7 Å². The van der Waals surface area contributed by atoms with Crippen molar-refractivity contribution < 1.29 is 19.6 Å².